The van der Waals surface area contributed by atoms with E-state index in [-0.39, 0.29) is 11.9 Å². The molecule has 2 aliphatic rings. The summed E-state index contributed by atoms with van der Waals surface area (Å²) in [5.41, 5.74) is 7.44. The predicted octanol–water partition coefficient (Wildman–Crippen LogP) is 5.93. The third-order valence-electron chi connectivity index (χ3n) is 9.04. The van der Waals surface area contributed by atoms with E-state index < -0.39 is 0 Å². The van der Waals surface area contributed by atoms with Gasteiger partial charge in [0, 0.05) is 91.7 Å². The summed E-state index contributed by atoms with van der Waals surface area (Å²) in [6.45, 7) is 3.58. The second kappa shape index (κ2) is 14.2. The summed E-state index contributed by atoms with van der Waals surface area (Å²) in [5, 5.41) is 16.7. The fourth-order valence-electron chi connectivity index (χ4n) is 6.34. The molecule has 0 radical (unpaired) electrons. The van der Waals surface area contributed by atoms with Crippen molar-refractivity contribution in [2.24, 2.45) is 7.05 Å². The Balaban J connectivity index is 1.12. The van der Waals surface area contributed by atoms with E-state index in [0.29, 0.717) is 59.5 Å². The number of rotatable bonds is 12. The summed E-state index contributed by atoms with van der Waals surface area (Å²) in [5.74, 6) is 0.617. The Bertz CT molecular complexity index is 1980. The van der Waals surface area contributed by atoms with Crippen molar-refractivity contribution in [1.29, 1.82) is 0 Å². The molecule has 2 fully saturated rings. The first-order valence-electron chi connectivity index (χ1n) is 16.2. The molecule has 10 nitrogen and oxygen atoms in total. The Morgan fingerprint density at radius 3 is 2.58 bits per heavy atom. The van der Waals surface area contributed by atoms with Gasteiger partial charge in [-0.25, -0.2) is 4.98 Å². The fourth-order valence-corrected chi connectivity index (χ4v) is 6.99. The maximum absolute atomic E-state index is 11.5. The monoisotopic (exact) mass is 685 g/mol. The molecule has 12 heteroatoms. The maximum atomic E-state index is 11.5. The molecule has 0 saturated carbocycles. The largest absolute Gasteiger partial charge is 0.481 e. The number of hydrogen-bond donors (Lipinski definition) is 3. The van der Waals surface area contributed by atoms with Crippen LogP contribution in [0.3, 0.4) is 0 Å². The number of benzene rings is 2. The predicted molar refractivity (Wildman–Crippen MR) is 188 cm³/mol. The number of carbonyl (C=O) groups excluding carboxylic acids is 1. The third kappa shape index (κ3) is 6.63. The highest BCUT2D eigenvalue weighted by Gasteiger charge is 2.22. The summed E-state index contributed by atoms with van der Waals surface area (Å²) < 4.78 is 13.1. The van der Waals surface area contributed by atoms with Crippen LogP contribution in [0.2, 0.25) is 10.0 Å². The van der Waals surface area contributed by atoms with Gasteiger partial charge >= 0.3 is 0 Å². The molecule has 0 spiro atoms. The van der Waals surface area contributed by atoms with Gasteiger partial charge in [0.2, 0.25) is 11.8 Å². The van der Waals surface area contributed by atoms with Gasteiger partial charge in [-0.2, -0.15) is 5.10 Å². The Kier molecular flexibility index (Phi) is 9.61. The Hall–Kier alpha value is -4.06. The van der Waals surface area contributed by atoms with Crippen molar-refractivity contribution in [3.8, 4) is 39.5 Å². The summed E-state index contributed by atoms with van der Waals surface area (Å²) >= 11 is 14.2. The van der Waals surface area contributed by atoms with Crippen LogP contribution in [-0.2, 0) is 29.7 Å². The van der Waals surface area contributed by atoms with Crippen molar-refractivity contribution >= 4 is 40.0 Å². The van der Waals surface area contributed by atoms with Crippen LogP contribution in [-0.4, -0.2) is 64.6 Å². The highest BCUT2D eigenvalue weighted by Crippen LogP contribution is 2.42. The zero-order chi connectivity index (χ0) is 33.2. The van der Waals surface area contributed by atoms with Crippen molar-refractivity contribution in [3.63, 3.8) is 0 Å². The Labute approximate surface area is 289 Å². The summed E-state index contributed by atoms with van der Waals surface area (Å²) in [7, 11) is 3.56. The molecule has 2 atom stereocenters. The second-order valence-corrected chi connectivity index (χ2v) is 13.0. The van der Waals surface area contributed by atoms with Crippen molar-refractivity contribution < 1.29 is 14.3 Å². The molecular formula is C36H37Cl2N7O3. The van der Waals surface area contributed by atoms with E-state index >= 15 is 0 Å². The zero-order valence-corrected chi connectivity index (χ0v) is 28.4. The minimum Gasteiger partial charge on any atom is -0.481 e. The number of pyridine rings is 2. The molecule has 248 valence electrons. The first-order valence-corrected chi connectivity index (χ1v) is 16.9. The number of nitrogens with zero attached hydrogens (tertiary/aromatic N) is 4. The van der Waals surface area contributed by atoms with E-state index in [9.17, 15) is 4.79 Å². The number of aromatic nitrogens is 4. The van der Waals surface area contributed by atoms with E-state index in [1.54, 1.807) is 13.3 Å². The minimum absolute atomic E-state index is 0.105. The van der Waals surface area contributed by atoms with E-state index in [1.807, 2.05) is 54.2 Å². The molecule has 2 aliphatic heterocycles. The number of amides is 1. The normalized spacial score (nSPS) is 17.5. The van der Waals surface area contributed by atoms with Gasteiger partial charge in [-0.05, 0) is 31.0 Å². The molecule has 7 rings (SSSR count). The van der Waals surface area contributed by atoms with Crippen LogP contribution in [0.15, 0.2) is 60.8 Å². The molecule has 5 heterocycles. The lowest BCUT2D eigenvalue weighted by atomic mass is 9.99. The average Bonchev–Trinajstić information content (AvgIpc) is 3.64. The first-order chi connectivity index (χ1) is 23.4. The highest BCUT2D eigenvalue weighted by atomic mass is 35.5. The van der Waals surface area contributed by atoms with E-state index in [0.717, 1.165) is 70.4 Å². The van der Waals surface area contributed by atoms with Crippen molar-refractivity contribution in [2.75, 3.05) is 26.8 Å². The lowest BCUT2D eigenvalue weighted by Gasteiger charge is -2.26. The smallest absolute Gasteiger partial charge is 0.220 e. The lowest BCUT2D eigenvalue weighted by Crippen LogP contribution is -2.36. The summed E-state index contributed by atoms with van der Waals surface area (Å²) in [4.78, 5) is 21.0. The van der Waals surface area contributed by atoms with Crippen LogP contribution in [0.25, 0.3) is 44.5 Å². The van der Waals surface area contributed by atoms with Gasteiger partial charge < -0.3 is 25.4 Å². The van der Waals surface area contributed by atoms with Crippen LogP contribution in [0.1, 0.15) is 30.5 Å². The molecule has 2 aromatic carbocycles. The van der Waals surface area contributed by atoms with Gasteiger partial charge in [0.05, 0.1) is 45.9 Å². The third-order valence-corrected chi connectivity index (χ3v) is 9.83. The van der Waals surface area contributed by atoms with Crippen LogP contribution in [0.4, 0.5) is 0 Å². The molecule has 3 N–H and O–H groups in total. The average molecular weight is 687 g/mol. The second-order valence-electron chi connectivity index (χ2n) is 12.2. The standard InChI is InChI=1S/C36H37Cl2N7O3/c1-45-31-16-21(6-9-27(31)30(44-45)20-40-19-24-13-15-48-24)35-34(38)26(12-14-41-35)25-4-3-5-28(33(25)37)29-10-7-22(36(43-29)47-2)17-39-18-23-8-11-32(46)42-23/h3-7,9-10,12,14,16,23-24,39-40H,8,11,13,15,17-20H2,1-2H3,(H,42,46)/t23-,24+/m0/s1. The molecule has 48 heavy (non-hydrogen) atoms. The maximum Gasteiger partial charge on any atom is 0.220 e. The number of hydrogen-bond acceptors (Lipinski definition) is 8. The van der Waals surface area contributed by atoms with Gasteiger partial charge in [-0.15, -0.1) is 0 Å². The number of aryl methyl sites for hydroxylation is 1. The molecule has 5 aromatic rings. The number of ether oxygens (including phenoxy) is 2. The lowest BCUT2D eigenvalue weighted by molar-refractivity contribution is -0.119. The van der Waals surface area contributed by atoms with Crippen LogP contribution in [0, 0.1) is 0 Å². The van der Waals surface area contributed by atoms with Crippen LogP contribution < -0.4 is 20.7 Å². The van der Waals surface area contributed by atoms with E-state index in [1.165, 1.54) is 0 Å². The molecule has 2 saturated heterocycles. The number of nitrogens with one attached hydrogen (secondary N) is 3. The summed E-state index contributed by atoms with van der Waals surface area (Å²) in [6.07, 6.45) is 4.57. The number of halogens is 2. The highest BCUT2D eigenvalue weighted by molar-refractivity contribution is 6.39. The van der Waals surface area contributed by atoms with Gasteiger partial charge in [-0.3, -0.25) is 14.5 Å². The summed E-state index contributed by atoms with van der Waals surface area (Å²) in [6, 6.07) is 18.0. The van der Waals surface area contributed by atoms with Gasteiger partial charge in [0.25, 0.3) is 0 Å². The SMILES string of the molecule is COc1nc(-c2cccc(-c3ccnc(-c4ccc5c(CNC[C@H]6CCO6)nn(C)c5c4)c3Cl)c2Cl)ccc1CNC[C@@H]1CCC(=O)N1. The number of carbonyl (C=O) groups is 1. The van der Waals surface area contributed by atoms with Crippen molar-refractivity contribution in [2.45, 2.75) is 44.5 Å². The minimum atomic E-state index is 0.105. The molecule has 0 unspecified atom stereocenters. The molecule has 1 amide bonds. The van der Waals surface area contributed by atoms with E-state index in [2.05, 4.69) is 33.1 Å². The molecule has 0 aliphatic carbocycles. The Morgan fingerprint density at radius 1 is 1.00 bits per heavy atom. The van der Waals surface area contributed by atoms with Crippen molar-refractivity contribution in [1.82, 2.24) is 35.7 Å². The van der Waals surface area contributed by atoms with Gasteiger partial charge in [-0.1, -0.05) is 59.6 Å². The molecule has 3 aromatic heterocycles. The number of methoxy groups -OCH3 is 1. The Morgan fingerprint density at radius 2 is 1.81 bits per heavy atom. The van der Waals surface area contributed by atoms with Crippen LogP contribution in [0.5, 0.6) is 5.88 Å². The number of fused-ring (bicyclic) bond motifs is 1. The van der Waals surface area contributed by atoms with Gasteiger partial charge in [0.15, 0.2) is 0 Å². The zero-order valence-electron chi connectivity index (χ0n) is 26.9. The topological polar surface area (TPSA) is 115 Å². The molecule has 0 bridgehead atoms. The van der Waals surface area contributed by atoms with Gasteiger partial charge in [0.1, 0.15) is 0 Å². The van der Waals surface area contributed by atoms with Crippen LogP contribution >= 0.6 is 23.2 Å². The fraction of sp³-hybridized carbons (Fsp3) is 0.333. The van der Waals surface area contributed by atoms with Crippen molar-refractivity contribution in [3.05, 3.63) is 82.1 Å². The quantitative estimate of drug-likeness (QED) is 0.148. The first kappa shape index (κ1) is 32.5. The molecular weight excluding hydrogens is 649 g/mol. The van der Waals surface area contributed by atoms with E-state index in [4.69, 9.17) is 42.8 Å².